The van der Waals surface area contributed by atoms with Gasteiger partial charge in [0.25, 0.3) is 0 Å². The van der Waals surface area contributed by atoms with Gasteiger partial charge >= 0.3 is 0 Å². The van der Waals surface area contributed by atoms with E-state index in [0.29, 0.717) is 5.95 Å². The maximum Gasteiger partial charge on any atom is 0.229 e. The number of H-pyrrole nitrogens is 1. The van der Waals surface area contributed by atoms with E-state index in [1.807, 2.05) is 43.7 Å². The highest BCUT2D eigenvalue weighted by Gasteiger charge is 2.10. The number of halogens is 2. The quantitative estimate of drug-likeness (QED) is 0.333. The third-order valence-electron chi connectivity index (χ3n) is 4.16. The van der Waals surface area contributed by atoms with Gasteiger partial charge in [0.2, 0.25) is 5.95 Å². The van der Waals surface area contributed by atoms with Crippen LogP contribution in [0, 0.1) is 0 Å². The molecule has 29 heavy (non-hydrogen) atoms. The van der Waals surface area contributed by atoms with Crippen molar-refractivity contribution >= 4 is 49.3 Å². The van der Waals surface area contributed by atoms with Crippen LogP contribution in [0.3, 0.4) is 0 Å². The van der Waals surface area contributed by atoms with Crippen LogP contribution in [0.1, 0.15) is 5.69 Å². The van der Waals surface area contributed by atoms with E-state index in [1.54, 1.807) is 17.2 Å². The molecule has 3 N–H and O–H groups in total. The van der Waals surface area contributed by atoms with Crippen molar-refractivity contribution in [3.8, 4) is 11.3 Å². The lowest BCUT2D eigenvalue weighted by atomic mass is 10.1. The Hall–Kier alpha value is -2.72. The normalized spacial score (nSPS) is 10.9. The highest BCUT2D eigenvalue weighted by molar-refractivity contribution is 9.11. The molecular formula is C19H18Br2N8. The molecule has 4 aromatic rings. The largest absolute Gasteiger partial charge is 0.369 e. The fourth-order valence-electron chi connectivity index (χ4n) is 2.82. The van der Waals surface area contributed by atoms with E-state index < -0.39 is 0 Å². The molecule has 10 heteroatoms. The van der Waals surface area contributed by atoms with E-state index >= 15 is 0 Å². The molecule has 0 fully saturated rings. The third-order valence-corrected chi connectivity index (χ3v) is 5.32. The minimum absolute atomic E-state index is 0.509. The Kier molecular flexibility index (Phi) is 5.91. The second-order valence-corrected chi connectivity index (χ2v) is 8.06. The van der Waals surface area contributed by atoms with Crippen LogP contribution in [-0.2, 0) is 13.5 Å². The smallest absolute Gasteiger partial charge is 0.229 e. The number of nitrogens with one attached hydrogen (secondary N) is 3. The molecule has 0 unspecified atom stereocenters. The fourth-order valence-corrected chi connectivity index (χ4v) is 3.75. The average Bonchev–Trinajstić information content (AvgIpc) is 3.33. The van der Waals surface area contributed by atoms with Crippen molar-refractivity contribution in [2.75, 3.05) is 17.2 Å². The summed E-state index contributed by atoms with van der Waals surface area (Å²) in [4.78, 5) is 16.1. The summed E-state index contributed by atoms with van der Waals surface area (Å²) in [5.74, 6) is 1.24. The summed E-state index contributed by atoms with van der Waals surface area (Å²) >= 11 is 7.05. The summed E-state index contributed by atoms with van der Waals surface area (Å²) in [6.45, 7) is 0.723. The van der Waals surface area contributed by atoms with Crippen molar-refractivity contribution < 1.29 is 0 Å². The van der Waals surface area contributed by atoms with Crippen LogP contribution < -0.4 is 10.6 Å². The Bertz CT molecular complexity index is 1110. The number of benzene rings is 1. The first-order chi connectivity index (χ1) is 14.1. The van der Waals surface area contributed by atoms with Crippen LogP contribution in [-0.4, -0.2) is 36.3 Å². The predicted molar refractivity (Wildman–Crippen MR) is 120 cm³/mol. The number of aryl methyl sites for hydroxylation is 1. The van der Waals surface area contributed by atoms with Crippen molar-refractivity contribution in [2.24, 2.45) is 7.05 Å². The minimum Gasteiger partial charge on any atom is -0.369 e. The summed E-state index contributed by atoms with van der Waals surface area (Å²) in [6, 6.07) is 7.98. The van der Waals surface area contributed by atoms with Crippen LogP contribution in [0.25, 0.3) is 11.3 Å². The third kappa shape index (κ3) is 4.83. The molecule has 0 saturated carbocycles. The molecule has 3 aromatic heterocycles. The monoisotopic (exact) mass is 516 g/mol. The van der Waals surface area contributed by atoms with Crippen LogP contribution in [0.5, 0.6) is 0 Å². The van der Waals surface area contributed by atoms with E-state index in [4.69, 9.17) is 0 Å². The maximum absolute atomic E-state index is 4.58. The average molecular weight is 518 g/mol. The Morgan fingerprint density at radius 3 is 2.83 bits per heavy atom. The van der Waals surface area contributed by atoms with E-state index in [0.717, 1.165) is 50.4 Å². The highest BCUT2D eigenvalue weighted by Crippen LogP contribution is 2.29. The van der Waals surface area contributed by atoms with Crippen molar-refractivity contribution in [1.29, 1.82) is 0 Å². The molecule has 4 rings (SSSR count). The molecule has 0 amide bonds. The Morgan fingerprint density at radius 2 is 2.07 bits per heavy atom. The molecule has 1 aromatic carbocycles. The van der Waals surface area contributed by atoms with Crippen LogP contribution in [0.15, 0.2) is 58.1 Å². The fraction of sp³-hybridized carbons (Fsp3) is 0.158. The van der Waals surface area contributed by atoms with Gasteiger partial charge in [-0.3, -0.25) is 4.68 Å². The second kappa shape index (κ2) is 8.75. The zero-order chi connectivity index (χ0) is 20.2. The van der Waals surface area contributed by atoms with Gasteiger partial charge in [-0.25, -0.2) is 9.97 Å². The van der Waals surface area contributed by atoms with Crippen LogP contribution in [0.2, 0.25) is 0 Å². The number of rotatable bonds is 7. The number of anilines is 3. The van der Waals surface area contributed by atoms with Gasteiger partial charge in [0.15, 0.2) is 0 Å². The lowest BCUT2D eigenvalue weighted by Crippen LogP contribution is -2.09. The molecular weight excluding hydrogens is 500 g/mol. The maximum atomic E-state index is 4.58. The Balaban J connectivity index is 1.48. The van der Waals surface area contributed by atoms with Gasteiger partial charge < -0.3 is 15.6 Å². The first-order valence-corrected chi connectivity index (χ1v) is 10.5. The highest BCUT2D eigenvalue weighted by atomic mass is 79.9. The number of aromatic nitrogens is 6. The van der Waals surface area contributed by atoms with E-state index in [9.17, 15) is 0 Å². The lowest BCUT2D eigenvalue weighted by Gasteiger charge is -2.10. The van der Waals surface area contributed by atoms with Gasteiger partial charge in [0.1, 0.15) is 11.5 Å². The number of hydrogen-bond acceptors (Lipinski definition) is 6. The topological polar surface area (TPSA) is 96.3 Å². The lowest BCUT2D eigenvalue weighted by molar-refractivity contribution is 0.770. The SMILES string of the molecule is Cn1cc(Br)c(-c2cccc(Nc3ncc(Br)c(NCCc4cnc[nH]4)n3)c2)n1. The van der Waals surface area contributed by atoms with E-state index in [2.05, 4.69) is 67.5 Å². The molecule has 8 nitrogen and oxygen atoms in total. The van der Waals surface area contributed by atoms with Crippen molar-refractivity contribution in [1.82, 2.24) is 29.7 Å². The summed E-state index contributed by atoms with van der Waals surface area (Å²) in [6.07, 6.45) is 7.97. The molecule has 0 aliphatic rings. The van der Waals surface area contributed by atoms with Crippen LogP contribution in [0.4, 0.5) is 17.5 Å². The molecule has 0 radical (unpaired) electrons. The van der Waals surface area contributed by atoms with Gasteiger partial charge in [-0.15, -0.1) is 0 Å². The minimum atomic E-state index is 0.509. The number of hydrogen-bond donors (Lipinski definition) is 3. The molecule has 0 spiro atoms. The zero-order valence-corrected chi connectivity index (χ0v) is 18.7. The van der Waals surface area contributed by atoms with Gasteiger partial charge in [0.05, 0.1) is 15.3 Å². The Morgan fingerprint density at radius 1 is 1.17 bits per heavy atom. The first kappa shape index (κ1) is 19.6. The van der Waals surface area contributed by atoms with Gasteiger partial charge in [-0.05, 0) is 44.0 Å². The number of aromatic amines is 1. The van der Waals surface area contributed by atoms with E-state index in [-0.39, 0.29) is 0 Å². The molecule has 0 saturated heterocycles. The second-order valence-electron chi connectivity index (χ2n) is 6.35. The standard InChI is InChI=1S/C19H18Br2N8/c1-29-10-16(21)17(28-29)12-3-2-4-13(7-12)26-19-24-9-15(20)18(27-19)23-6-5-14-8-22-11-25-14/h2-4,7-11H,5-6H2,1H3,(H,22,25)(H2,23,24,26,27). The van der Waals surface area contributed by atoms with Crippen molar-refractivity contribution in [2.45, 2.75) is 6.42 Å². The van der Waals surface area contributed by atoms with Gasteiger partial charge in [-0.2, -0.15) is 10.1 Å². The van der Waals surface area contributed by atoms with E-state index in [1.165, 1.54) is 0 Å². The van der Waals surface area contributed by atoms with Gasteiger partial charge in [-0.1, -0.05) is 12.1 Å². The molecule has 148 valence electrons. The van der Waals surface area contributed by atoms with Crippen LogP contribution >= 0.6 is 31.9 Å². The van der Waals surface area contributed by atoms with Crippen molar-refractivity contribution in [3.05, 3.63) is 63.8 Å². The summed E-state index contributed by atoms with van der Waals surface area (Å²) in [5, 5.41) is 11.1. The zero-order valence-electron chi connectivity index (χ0n) is 15.5. The van der Waals surface area contributed by atoms with Gasteiger partial charge in [0, 0.05) is 55.5 Å². The summed E-state index contributed by atoms with van der Waals surface area (Å²) < 4.78 is 3.53. The molecule has 3 heterocycles. The molecule has 0 bridgehead atoms. The Labute approximate surface area is 184 Å². The number of nitrogens with zero attached hydrogens (tertiary/aromatic N) is 5. The number of imidazole rings is 1. The molecule has 0 atom stereocenters. The molecule has 0 aliphatic heterocycles. The summed E-state index contributed by atoms with van der Waals surface area (Å²) in [5.41, 5.74) is 3.83. The van der Waals surface area contributed by atoms with Crippen molar-refractivity contribution in [3.63, 3.8) is 0 Å². The first-order valence-electron chi connectivity index (χ1n) is 8.89. The summed E-state index contributed by atoms with van der Waals surface area (Å²) in [7, 11) is 1.90. The molecule has 0 aliphatic carbocycles. The predicted octanol–water partition coefficient (Wildman–Crippen LogP) is 4.52.